The molecule has 1 aromatic rings. The van der Waals surface area contributed by atoms with Gasteiger partial charge in [0.2, 0.25) is 0 Å². The van der Waals surface area contributed by atoms with Crippen molar-refractivity contribution in [1.82, 2.24) is 4.90 Å². The van der Waals surface area contributed by atoms with Gasteiger partial charge in [-0.1, -0.05) is 29.3 Å². The Bertz CT molecular complexity index is 506. The number of hydrogen-bond donors (Lipinski definition) is 1. The van der Waals surface area contributed by atoms with E-state index in [1.165, 1.54) is 0 Å². The van der Waals surface area contributed by atoms with Gasteiger partial charge in [0.25, 0.3) is 0 Å². The molecule has 0 aliphatic carbocycles. The predicted molar refractivity (Wildman–Crippen MR) is 85.7 cm³/mol. The predicted octanol–water partition coefficient (Wildman–Crippen LogP) is 3.85. The Kier molecular flexibility index (Phi) is 5.65. The molecule has 0 radical (unpaired) electrons. The average Bonchev–Trinajstić information content (AvgIpc) is 2.48. The summed E-state index contributed by atoms with van der Waals surface area (Å²) in [7, 11) is 1.66. The molecular weight excluding hydrogens is 334 g/mol. The van der Waals surface area contributed by atoms with Gasteiger partial charge in [0.15, 0.2) is 0 Å². The molecular formula is C16H22BrNO3. The van der Waals surface area contributed by atoms with Crippen LogP contribution in [0.25, 0.3) is 0 Å². The van der Waals surface area contributed by atoms with E-state index in [2.05, 4.69) is 27.8 Å². The molecule has 2 rings (SSSR count). The normalized spacial score (nSPS) is 21.0. The third-order valence-electron chi connectivity index (χ3n) is 4.17. The van der Waals surface area contributed by atoms with Crippen LogP contribution in [0.2, 0.25) is 0 Å². The van der Waals surface area contributed by atoms with Crippen LogP contribution in [0.3, 0.4) is 0 Å². The average molecular weight is 356 g/mol. The summed E-state index contributed by atoms with van der Waals surface area (Å²) in [5.41, 5.74) is 1.06. The van der Waals surface area contributed by atoms with Crippen molar-refractivity contribution in [2.24, 2.45) is 0 Å². The second-order valence-corrected chi connectivity index (χ2v) is 6.31. The van der Waals surface area contributed by atoms with Gasteiger partial charge in [-0.05, 0) is 44.0 Å². The summed E-state index contributed by atoms with van der Waals surface area (Å²) in [6.07, 6.45) is 3.62. The molecule has 1 aromatic carbocycles. The number of methoxy groups -OCH3 is 1. The zero-order valence-electron chi connectivity index (χ0n) is 12.5. The van der Waals surface area contributed by atoms with E-state index in [-0.39, 0.29) is 6.04 Å². The van der Waals surface area contributed by atoms with E-state index in [4.69, 9.17) is 4.74 Å². The van der Waals surface area contributed by atoms with Gasteiger partial charge in [-0.25, -0.2) is 0 Å². The van der Waals surface area contributed by atoms with Crippen LogP contribution in [0, 0.1) is 0 Å². The number of likely N-dealkylation sites (tertiary alicyclic amines) is 1. The number of piperidine rings is 1. The number of rotatable bonds is 5. The first-order valence-corrected chi connectivity index (χ1v) is 8.19. The van der Waals surface area contributed by atoms with Crippen LogP contribution in [0.1, 0.15) is 44.2 Å². The molecule has 0 bridgehead atoms. The smallest absolute Gasteiger partial charge is 0.320 e. The van der Waals surface area contributed by atoms with Crippen LogP contribution in [0.4, 0.5) is 0 Å². The Labute approximate surface area is 134 Å². The number of carbonyl (C=O) groups is 1. The summed E-state index contributed by atoms with van der Waals surface area (Å²) in [6, 6.07) is 5.59. The van der Waals surface area contributed by atoms with Gasteiger partial charge in [-0.2, -0.15) is 0 Å². The topological polar surface area (TPSA) is 49.8 Å². The molecule has 0 amide bonds. The van der Waals surface area contributed by atoms with Crippen molar-refractivity contribution in [2.45, 2.75) is 44.7 Å². The Balaban J connectivity index is 2.38. The molecule has 1 aliphatic rings. The highest BCUT2D eigenvalue weighted by molar-refractivity contribution is 9.10. The Hall–Kier alpha value is -1.07. The minimum Gasteiger partial charge on any atom is -0.496 e. The van der Waals surface area contributed by atoms with Crippen molar-refractivity contribution >= 4 is 21.9 Å². The standard InChI is InChI=1S/C16H22BrNO3/c1-3-13(12-10-11(17)7-8-15(12)21-2)18-9-5-4-6-14(18)16(19)20/h7-8,10,13-14H,3-6,9H2,1-2H3,(H,19,20). The molecule has 1 N–H and O–H groups in total. The summed E-state index contributed by atoms with van der Waals surface area (Å²) in [4.78, 5) is 13.7. The van der Waals surface area contributed by atoms with Gasteiger partial charge < -0.3 is 9.84 Å². The zero-order valence-corrected chi connectivity index (χ0v) is 14.1. The van der Waals surface area contributed by atoms with Crippen LogP contribution in [-0.2, 0) is 4.79 Å². The minimum atomic E-state index is -0.720. The largest absolute Gasteiger partial charge is 0.496 e. The van der Waals surface area contributed by atoms with E-state index in [1.807, 2.05) is 18.2 Å². The highest BCUT2D eigenvalue weighted by Crippen LogP contribution is 2.37. The number of hydrogen-bond acceptors (Lipinski definition) is 3. The molecule has 1 fully saturated rings. The lowest BCUT2D eigenvalue weighted by Gasteiger charge is -2.39. The molecule has 2 atom stereocenters. The van der Waals surface area contributed by atoms with E-state index in [1.54, 1.807) is 7.11 Å². The SMILES string of the molecule is CCC(c1cc(Br)ccc1OC)N1CCCCC1C(=O)O. The maximum absolute atomic E-state index is 11.6. The molecule has 0 aromatic heterocycles. The van der Waals surface area contributed by atoms with Crippen molar-refractivity contribution < 1.29 is 14.6 Å². The third kappa shape index (κ3) is 3.58. The third-order valence-corrected chi connectivity index (χ3v) is 4.66. The van der Waals surface area contributed by atoms with E-state index < -0.39 is 12.0 Å². The molecule has 116 valence electrons. The van der Waals surface area contributed by atoms with E-state index in [9.17, 15) is 9.90 Å². The minimum absolute atomic E-state index is 0.0684. The number of nitrogens with zero attached hydrogens (tertiary/aromatic N) is 1. The molecule has 2 unspecified atom stereocenters. The molecule has 1 saturated heterocycles. The number of ether oxygens (including phenoxy) is 1. The monoisotopic (exact) mass is 355 g/mol. The van der Waals surface area contributed by atoms with Gasteiger partial charge >= 0.3 is 5.97 Å². The number of carboxylic acid groups (broad SMARTS) is 1. The first kappa shape index (κ1) is 16.3. The van der Waals surface area contributed by atoms with Crippen molar-refractivity contribution in [2.75, 3.05) is 13.7 Å². The lowest BCUT2D eigenvalue weighted by Crippen LogP contribution is -2.46. The van der Waals surface area contributed by atoms with Crippen LogP contribution in [0.15, 0.2) is 22.7 Å². The maximum Gasteiger partial charge on any atom is 0.320 e. The fraction of sp³-hybridized carbons (Fsp3) is 0.562. The van der Waals surface area contributed by atoms with Gasteiger partial charge in [-0.3, -0.25) is 9.69 Å². The highest BCUT2D eigenvalue weighted by atomic mass is 79.9. The number of benzene rings is 1. The number of halogens is 1. The van der Waals surface area contributed by atoms with Crippen molar-refractivity contribution in [1.29, 1.82) is 0 Å². The fourth-order valence-corrected chi connectivity index (χ4v) is 3.57. The molecule has 5 heteroatoms. The summed E-state index contributed by atoms with van der Waals surface area (Å²) < 4.78 is 6.46. The van der Waals surface area contributed by atoms with Crippen molar-refractivity contribution in [3.63, 3.8) is 0 Å². The van der Waals surface area contributed by atoms with Crippen molar-refractivity contribution in [3.05, 3.63) is 28.2 Å². The van der Waals surface area contributed by atoms with Gasteiger partial charge in [0, 0.05) is 16.1 Å². The molecule has 4 nitrogen and oxygen atoms in total. The molecule has 1 aliphatic heterocycles. The van der Waals surface area contributed by atoms with Crippen molar-refractivity contribution in [3.8, 4) is 5.75 Å². The van der Waals surface area contributed by atoms with E-state index in [0.29, 0.717) is 0 Å². The van der Waals surface area contributed by atoms with Gasteiger partial charge in [-0.15, -0.1) is 0 Å². The van der Waals surface area contributed by atoms with Gasteiger partial charge in [0.1, 0.15) is 11.8 Å². The summed E-state index contributed by atoms with van der Waals surface area (Å²) in [5.74, 6) is 0.0990. The van der Waals surface area contributed by atoms with Crippen LogP contribution in [-0.4, -0.2) is 35.7 Å². The number of carboxylic acids is 1. The molecule has 21 heavy (non-hydrogen) atoms. The summed E-state index contributed by atoms with van der Waals surface area (Å²) in [6.45, 7) is 2.92. The summed E-state index contributed by atoms with van der Waals surface area (Å²) in [5, 5.41) is 9.50. The quantitative estimate of drug-likeness (QED) is 0.871. The Morgan fingerprint density at radius 3 is 2.90 bits per heavy atom. The molecule has 1 heterocycles. The van der Waals surface area contributed by atoms with E-state index in [0.717, 1.165) is 48.0 Å². The molecule has 0 spiro atoms. The maximum atomic E-state index is 11.6. The van der Waals surface area contributed by atoms with Gasteiger partial charge in [0.05, 0.1) is 7.11 Å². The van der Waals surface area contributed by atoms with Crippen LogP contribution < -0.4 is 4.74 Å². The highest BCUT2D eigenvalue weighted by Gasteiger charge is 2.34. The number of aliphatic carboxylic acids is 1. The van der Waals surface area contributed by atoms with E-state index >= 15 is 0 Å². The first-order chi connectivity index (χ1) is 10.1. The van der Waals surface area contributed by atoms with Crippen LogP contribution in [0.5, 0.6) is 5.75 Å². The lowest BCUT2D eigenvalue weighted by molar-refractivity contribution is -0.146. The first-order valence-electron chi connectivity index (χ1n) is 7.40. The summed E-state index contributed by atoms with van der Waals surface area (Å²) >= 11 is 3.50. The second kappa shape index (κ2) is 7.27. The van der Waals surface area contributed by atoms with Crippen LogP contribution >= 0.6 is 15.9 Å². The Morgan fingerprint density at radius 1 is 1.52 bits per heavy atom. The Morgan fingerprint density at radius 2 is 2.29 bits per heavy atom. The fourth-order valence-electron chi connectivity index (χ4n) is 3.19. The second-order valence-electron chi connectivity index (χ2n) is 5.40. The zero-order chi connectivity index (χ0) is 15.4. The molecule has 0 saturated carbocycles. The lowest BCUT2D eigenvalue weighted by atomic mass is 9.94.